The van der Waals surface area contributed by atoms with Gasteiger partial charge in [0.2, 0.25) is 5.89 Å². The van der Waals surface area contributed by atoms with Gasteiger partial charge in [-0.2, -0.15) is 4.98 Å². The monoisotopic (exact) mass is 211 g/mol. The molecule has 0 bridgehead atoms. The molecular weight excluding hydrogens is 190 g/mol. The third-order valence-electron chi connectivity index (χ3n) is 2.42. The maximum Gasteiger partial charge on any atom is 0.223 e. The molecule has 0 fully saturated rings. The minimum absolute atomic E-state index is 0.523. The molecule has 0 aliphatic carbocycles. The molecule has 1 atom stereocenters. The first-order chi connectivity index (χ1) is 7.22. The van der Waals surface area contributed by atoms with Gasteiger partial charge in [-0.05, 0) is 13.3 Å². The highest BCUT2D eigenvalue weighted by atomic mass is 16.5. The molecule has 86 valence electrons. The summed E-state index contributed by atoms with van der Waals surface area (Å²) in [5.74, 6) is 1.38. The van der Waals surface area contributed by atoms with E-state index in [0.717, 1.165) is 5.82 Å². The number of nitrogens with one attached hydrogen (secondary N) is 1. The summed E-state index contributed by atoms with van der Waals surface area (Å²) in [7, 11) is 0. The third kappa shape index (κ3) is 4.93. The molecule has 1 rings (SSSR count). The summed E-state index contributed by atoms with van der Waals surface area (Å²) in [4.78, 5) is 4.14. The lowest BCUT2D eigenvalue weighted by molar-refractivity contribution is 0.382. The smallest absolute Gasteiger partial charge is 0.223 e. The molecule has 0 saturated carbocycles. The highest BCUT2D eigenvalue weighted by Gasteiger charge is 2.04. The van der Waals surface area contributed by atoms with E-state index in [1.165, 1.54) is 25.7 Å². The van der Waals surface area contributed by atoms with Gasteiger partial charge in [-0.15, -0.1) is 0 Å². The van der Waals surface area contributed by atoms with Gasteiger partial charge in [0.25, 0.3) is 0 Å². The molecule has 1 N–H and O–H groups in total. The van der Waals surface area contributed by atoms with Gasteiger partial charge in [0.1, 0.15) is 0 Å². The van der Waals surface area contributed by atoms with E-state index in [4.69, 9.17) is 4.52 Å². The second-order valence-corrected chi connectivity index (χ2v) is 4.01. The van der Waals surface area contributed by atoms with E-state index in [-0.39, 0.29) is 0 Å². The Morgan fingerprint density at radius 2 is 2.20 bits per heavy atom. The zero-order valence-electron chi connectivity index (χ0n) is 9.92. The van der Waals surface area contributed by atoms with Crippen molar-refractivity contribution in [1.29, 1.82) is 0 Å². The van der Waals surface area contributed by atoms with Crippen molar-refractivity contribution in [1.82, 2.24) is 15.5 Å². The molecular formula is C11H21N3O. The number of aromatic nitrogens is 2. The molecule has 15 heavy (non-hydrogen) atoms. The van der Waals surface area contributed by atoms with Crippen molar-refractivity contribution >= 4 is 0 Å². The van der Waals surface area contributed by atoms with Crippen LogP contribution in [-0.4, -0.2) is 16.2 Å². The molecule has 0 saturated heterocycles. The van der Waals surface area contributed by atoms with Crippen LogP contribution in [0.2, 0.25) is 0 Å². The summed E-state index contributed by atoms with van der Waals surface area (Å²) in [6.07, 6.45) is 5.09. The van der Waals surface area contributed by atoms with Crippen LogP contribution in [0.3, 0.4) is 0 Å². The van der Waals surface area contributed by atoms with Crippen LogP contribution in [0, 0.1) is 6.92 Å². The fourth-order valence-electron chi connectivity index (χ4n) is 1.48. The molecule has 0 spiro atoms. The predicted octanol–water partition coefficient (Wildman–Crippen LogP) is 2.44. The molecule has 1 unspecified atom stereocenters. The minimum Gasteiger partial charge on any atom is -0.340 e. The SMILES string of the molecule is CCCCCC(C)NCc1noc(C)n1. The average molecular weight is 211 g/mol. The standard InChI is InChI=1S/C11H21N3O/c1-4-5-6-7-9(2)12-8-11-13-10(3)15-14-11/h9,12H,4-8H2,1-3H3. The fourth-order valence-corrected chi connectivity index (χ4v) is 1.48. The Hall–Kier alpha value is -0.900. The average Bonchev–Trinajstić information content (AvgIpc) is 2.62. The number of nitrogens with zero attached hydrogens (tertiary/aromatic N) is 2. The van der Waals surface area contributed by atoms with Gasteiger partial charge in [-0.25, -0.2) is 0 Å². The second kappa shape index (κ2) is 6.56. The van der Waals surface area contributed by atoms with E-state index >= 15 is 0 Å². The Kier molecular flexibility index (Phi) is 5.32. The number of rotatable bonds is 7. The van der Waals surface area contributed by atoms with Crippen LogP contribution in [0.5, 0.6) is 0 Å². The lowest BCUT2D eigenvalue weighted by atomic mass is 10.1. The predicted molar refractivity (Wildman–Crippen MR) is 59.5 cm³/mol. The van der Waals surface area contributed by atoms with Crippen LogP contribution >= 0.6 is 0 Å². The summed E-state index contributed by atoms with van der Waals surface area (Å²) in [6.45, 7) is 6.93. The number of unbranched alkanes of at least 4 members (excludes halogenated alkanes) is 2. The van der Waals surface area contributed by atoms with Crippen LogP contribution in [0.4, 0.5) is 0 Å². The van der Waals surface area contributed by atoms with Crippen LogP contribution < -0.4 is 5.32 Å². The van der Waals surface area contributed by atoms with Crippen molar-refractivity contribution in [2.24, 2.45) is 0 Å². The number of aryl methyl sites for hydroxylation is 1. The largest absolute Gasteiger partial charge is 0.340 e. The van der Waals surface area contributed by atoms with Gasteiger partial charge in [0.05, 0.1) is 6.54 Å². The van der Waals surface area contributed by atoms with E-state index in [9.17, 15) is 0 Å². The van der Waals surface area contributed by atoms with Crippen molar-refractivity contribution < 1.29 is 4.52 Å². The summed E-state index contributed by atoms with van der Waals surface area (Å²) in [5.41, 5.74) is 0. The minimum atomic E-state index is 0.523. The lowest BCUT2D eigenvalue weighted by Crippen LogP contribution is -2.25. The van der Waals surface area contributed by atoms with E-state index in [2.05, 4.69) is 29.3 Å². The lowest BCUT2D eigenvalue weighted by Gasteiger charge is -2.11. The molecule has 1 aromatic heterocycles. The van der Waals surface area contributed by atoms with Crippen molar-refractivity contribution in [3.8, 4) is 0 Å². The van der Waals surface area contributed by atoms with Gasteiger partial charge >= 0.3 is 0 Å². The van der Waals surface area contributed by atoms with E-state index in [1.807, 2.05) is 0 Å². The fraction of sp³-hybridized carbons (Fsp3) is 0.818. The molecule has 0 amide bonds. The Morgan fingerprint density at radius 3 is 2.80 bits per heavy atom. The van der Waals surface area contributed by atoms with Crippen LogP contribution in [0.15, 0.2) is 4.52 Å². The Bertz CT molecular complexity index is 273. The third-order valence-corrected chi connectivity index (χ3v) is 2.42. The number of hydrogen-bond acceptors (Lipinski definition) is 4. The molecule has 0 aliphatic heterocycles. The van der Waals surface area contributed by atoms with Gasteiger partial charge in [0.15, 0.2) is 5.82 Å². The topological polar surface area (TPSA) is 51.0 Å². The maximum atomic E-state index is 4.89. The Morgan fingerprint density at radius 1 is 1.40 bits per heavy atom. The Labute approximate surface area is 91.5 Å². The molecule has 0 aromatic carbocycles. The van der Waals surface area contributed by atoms with Crippen molar-refractivity contribution in [2.45, 2.75) is 59.0 Å². The van der Waals surface area contributed by atoms with Gasteiger partial charge in [-0.1, -0.05) is 31.3 Å². The first-order valence-electron chi connectivity index (χ1n) is 5.75. The van der Waals surface area contributed by atoms with Crippen molar-refractivity contribution in [3.63, 3.8) is 0 Å². The van der Waals surface area contributed by atoms with Crippen LogP contribution in [0.25, 0.3) is 0 Å². The summed E-state index contributed by atoms with van der Waals surface area (Å²) in [5, 5.41) is 7.22. The molecule has 0 aliphatic rings. The van der Waals surface area contributed by atoms with Gasteiger partial charge in [0, 0.05) is 13.0 Å². The molecule has 4 nitrogen and oxygen atoms in total. The Balaban J connectivity index is 2.13. The maximum absolute atomic E-state index is 4.89. The highest BCUT2D eigenvalue weighted by molar-refractivity contribution is 4.83. The van der Waals surface area contributed by atoms with E-state index < -0.39 is 0 Å². The zero-order valence-corrected chi connectivity index (χ0v) is 9.92. The molecule has 1 aromatic rings. The first kappa shape index (κ1) is 12.2. The van der Waals surface area contributed by atoms with Crippen molar-refractivity contribution in [3.05, 3.63) is 11.7 Å². The van der Waals surface area contributed by atoms with E-state index in [1.54, 1.807) is 6.92 Å². The van der Waals surface area contributed by atoms with Crippen LogP contribution in [-0.2, 0) is 6.54 Å². The molecule has 4 heteroatoms. The normalized spacial score (nSPS) is 13.0. The first-order valence-corrected chi connectivity index (χ1v) is 5.75. The zero-order chi connectivity index (χ0) is 11.1. The van der Waals surface area contributed by atoms with Crippen LogP contribution in [0.1, 0.15) is 51.2 Å². The molecule has 1 heterocycles. The summed E-state index contributed by atoms with van der Waals surface area (Å²) in [6, 6.07) is 0.523. The molecule has 0 radical (unpaired) electrons. The highest BCUT2D eigenvalue weighted by Crippen LogP contribution is 2.03. The quantitative estimate of drug-likeness (QED) is 0.704. The van der Waals surface area contributed by atoms with Crippen molar-refractivity contribution in [2.75, 3.05) is 0 Å². The van der Waals surface area contributed by atoms with Gasteiger partial charge in [-0.3, -0.25) is 0 Å². The van der Waals surface area contributed by atoms with E-state index in [0.29, 0.717) is 18.5 Å². The summed E-state index contributed by atoms with van der Waals surface area (Å²) >= 11 is 0. The summed E-state index contributed by atoms with van der Waals surface area (Å²) < 4.78 is 4.89. The van der Waals surface area contributed by atoms with Gasteiger partial charge < -0.3 is 9.84 Å². The number of hydrogen-bond donors (Lipinski definition) is 1. The second-order valence-electron chi connectivity index (χ2n) is 4.01.